The first-order valence-corrected chi connectivity index (χ1v) is 3.62. The molecule has 0 fully saturated rings. The smallest absolute Gasteiger partial charge is 0.388 e. The van der Waals surface area contributed by atoms with Gasteiger partial charge in [-0.05, 0) is 12.1 Å². The van der Waals surface area contributed by atoms with E-state index >= 15 is 0 Å². The van der Waals surface area contributed by atoms with Gasteiger partial charge in [0.1, 0.15) is 10.2 Å². The zero-order chi connectivity index (χ0) is 9.14. The molecule has 1 heterocycles. The highest BCUT2D eigenvalue weighted by molar-refractivity contribution is 6.33. The molecule has 1 aromatic heterocycles. The average molecular weight is 214 g/mol. The molecule has 0 aliphatic carbocycles. The molecule has 0 unspecified atom stereocenters. The predicted octanol–water partition coefficient (Wildman–Crippen LogP) is 2.99. The van der Waals surface area contributed by atoms with E-state index in [1.165, 1.54) is 12.1 Å². The molecule has 0 N–H and O–H groups in total. The first kappa shape index (κ1) is 9.48. The van der Waals surface area contributed by atoms with Gasteiger partial charge < -0.3 is 4.74 Å². The normalized spacial score (nSPS) is 10.4. The van der Waals surface area contributed by atoms with Crippen LogP contribution in [-0.2, 0) is 0 Å². The van der Waals surface area contributed by atoms with Crippen LogP contribution in [0, 0.1) is 0 Å². The third kappa shape index (κ3) is 2.46. The van der Waals surface area contributed by atoms with Gasteiger partial charge in [-0.2, -0.15) is 8.78 Å². The highest BCUT2D eigenvalue weighted by atomic mass is 35.5. The van der Waals surface area contributed by atoms with Crippen molar-refractivity contribution >= 4 is 23.2 Å². The Morgan fingerprint density at radius 2 is 2.00 bits per heavy atom. The molecule has 0 aliphatic rings. The minimum Gasteiger partial charge on any atom is -0.415 e. The highest BCUT2D eigenvalue weighted by Crippen LogP contribution is 2.24. The number of pyridine rings is 1. The molecular weight excluding hydrogens is 211 g/mol. The molecule has 2 nitrogen and oxygen atoms in total. The summed E-state index contributed by atoms with van der Waals surface area (Å²) in [4.78, 5) is 3.44. The van der Waals surface area contributed by atoms with Gasteiger partial charge in [-0.15, -0.1) is 0 Å². The fraction of sp³-hybridized carbons (Fsp3) is 0.167. The third-order valence-corrected chi connectivity index (χ3v) is 1.48. The zero-order valence-electron chi connectivity index (χ0n) is 5.60. The Kier molecular flexibility index (Phi) is 3.05. The van der Waals surface area contributed by atoms with E-state index in [-0.39, 0.29) is 16.1 Å². The minimum atomic E-state index is -2.95. The maximum absolute atomic E-state index is 11.7. The summed E-state index contributed by atoms with van der Waals surface area (Å²) in [6.07, 6.45) is 0. The first-order valence-electron chi connectivity index (χ1n) is 2.86. The van der Waals surface area contributed by atoms with Gasteiger partial charge in [0.25, 0.3) is 0 Å². The second-order valence-electron chi connectivity index (χ2n) is 1.80. The number of hydrogen-bond donors (Lipinski definition) is 0. The molecule has 1 aromatic rings. The summed E-state index contributed by atoms with van der Waals surface area (Å²) in [6.45, 7) is -2.95. The molecule has 12 heavy (non-hydrogen) atoms. The second kappa shape index (κ2) is 3.87. The number of rotatable bonds is 2. The average Bonchev–Trinajstić information content (AvgIpc) is 1.96. The topological polar surface area (TPSA) is 22.1 Å². The molecule has 0 radical (unpaired) electrons. The number of aromatic nitrogens is 1. The van der Waals surface area contributed by atoms with E-state index in [2.05, 4.69) is 9.72 Å². The highest BCUT2D eigenvalue weighted by Gasteiger charge is 2.09. The van der Waals surface area contributed by atoms with Crippen molar-refractivity contribution in [3.63, 3.8) is 0 Å². The molecule has 0 saturated heterocycles. The largest absolute Gasteiger partial charge is 0.415 e. The van der Waals surface area contributed by atoms with Crippen LogP contribution in [-0.4, -0.2) is 11.6 Å². The summed E-state index contributed by atoms with van der Waals surface area (Å²) in [6, 6.07) is 2.71. The Balaban J connectivity index is 2.90. The van der Waals surface area contributed by atoms with Gasteiger partial charge in [0.2, 0.25) is 5.88 Å². The van der Waals surface area contributed by atoms with Crippen molar-refractivity contribution < 1.29 is 13.5 Å². The van der Waals surface area contributed by atoms with E-state index in [0.29, 0.717) is 0 Å². The molecule has 6 heteroatoms. The number of hydrogen-bond acceptors (Lipinski definition) is 2. The number of nitrogens with zero attached hydrogens (tertiary/aromatic N) is 1. The summed E-state index contributed by atoms with van der Waals surface area (Å²) in [5.41, 5.74) is 0. The Morgan fingerprint density at radius 1 is 1.33 bits per heavy atom. The minimum absolute atomic E-state index is 0.000278. The maximum Gasteiger partial charge on any atom is 0.388 e. The molecule has 0 atom stereocenters. The second-order valence-corrected chi connectivity index (χ2v) is 2.59. The van der Waals surface area contributed by atoms with Crippen molar-refractivity contribution in [2.75, 3.05) is 0 Å². The van der Waals surface area contributed by atoms with Crippen LogP contribution < -0.4 is 4.74 Å². The summed E-state index contributed by atoms with van der Waals surface area (Å²) in [7, 11) is 0. The van der Waals surface area contributed by atoms with Gasteiger partial charge in [-0.25, -0.2) is 4.98 Å². The van der Waals surface area contributed by atoms with Crippen LogP contribution in [0.1, 0.15) is 0 Å². The van der Waals surface area contributed by atoms with E-state index in [9.17, 15) is 8.78 Å². The van der Waals surface area contributed by atoms with Crippen molar-refractivity contribution in [2.45, 2.75) is 6.61 Å². The Hall–Kier alpha value is -0.610. The van der Waals surface area contributed by atoms with Crippen molar-refractivity contribution in [1.29, 1.82) is 0 Å². The summed E-state index contributed by atoms with van der Waals surface area (Å²) < 4.78 is 27.3. The zero-order valence-corrected chi connectivity index (χ0v) is 7.11. The molecule has 1 rings (SSSR count). The van der Waals surface area contributed by atoms with Crippen LogP contribution in [0.2, 0.25) is 10.2 Å². The van der Waals surface area contributed by atoms with Gasteiger partial charge in [0, 0.05) is 0 Å². The maximum atomic E-state index is 11.7. The van der Waals surface area contributed by atoms with Crippen LogP contribution >= 0.6 is 23.2 Å². The monoisotopic (exact) mass is 213 g/mol. The number of alkyl halides is 2. The molecule has 0 amide bonds. The molecule has 0 spiro atoms. The molecular formula is C6H3Cl2F2NO. The number of halogens is 4. The molecule has 0 bridgehead atoms. The van der Waals surface area contributed by atoms with Crippen molar-refractivity contribution in [3.05, 3.63) is 22.3 Å². The van der Waals surface area contributed by atoms with E-state index in [0.717, 1.165) is 0 Å². The Bertz CT molecular complexity index is 282. The van der Waals surface area contributed by atoms with Crippen LogP contribution in [0.25, 0.3) is 0 Å². The van der Waals surface area contributed by atoms with Gasteiger partial charge in [0.15, 0.2) is 0 Å². The lowest BCUT2D eigenvalue weighted by atomic mass is 10.5. The van der Waals surface area contributed by atoms with E-state index < -0.39 is 6.61 Å². The van der Waals surface area contributed by atoms with Gasteiger partial charge in [0.05, 0.1) is 0 Å². The van der Waals surface area contributed by atoms with Crippen molar-refractivity contribution in [1.82, 2.24) is 4.98 Å². The van der Waals surface area contributed by atoms with Gasteiger partial charge in [-0.3, -0.25) is 0 Å². The fourth-order valence-corrected chi connectivity index (χ4v) is 0.857. The van der Waals surface area contributed by atoms with Crippen LogP contribution in [0.4, 0.5) is 8.78 Å². The number of ether oxygens (including phenoxy) is 1. The standard InChI is InChI=1S/C6H3Cl2F2NO/c7-3-1-2-4(8)11-5(3)12-6(9)10/h1-2,6H. The molecule has 0 aliphatic heterocycles. The summed E-state index contributed by atoms with van der Waals surface area (Å²) in [5.74, 6) is -0.362. The Morgan fingerprint density at radius 3 is 2.58 bits per heavy atom. The SMILES string of the molecule is FC(F)Oc1nc(Cl)ccc1Cl. The summed E-state index contributed by atoms with van der Waals surface area (Å²) in [5, 5.41) is 0.0507. The van der Waals surface area contributed by atoms with E-state index in [1.807, 2.05) is 0 Å². The Labute approximate surface area is 77.1 Å². The van der Waals surface area contributed by atoms with Crippen molar-refractivity contribution in [2.24, 2.45) is 0 Å². The lowest BCUT2D eigenvalue weighted by Gasteiger charge is -2.04. The van der Waals surface area contributed by atoms with Gasteiger partial charge >= 0.3 is 6.61 Å². The van der Waals surface area contributed by atoms with E-state index in [1.54, 1.807) is 0 Å². The van der Waals surface area contributed by atoms with Crippen LogP contribution in [0.15, 0.2) is 12.1 Å². The lowest BCUT2D eigenvalue weighted by molar-refractivity contribution is -0.0527. The molecule has 0 aromatic carbocycles. The lowest BCUT2D eigenvalue weighted by Crippen LogP contribution is -2.03. The first-order chi connectivity index (χ1) is 5.59. The predicted molar refractivity (Wildman–Crippen MR) is 40.9 cm³/mol. The van der Waals surface area contributed by atoms with Gasteiger partial charge in [-0.1, -0.05) is 23.2 Å². The van der Waals surface area contributed by atoms with Crippen molar-refractivity contribution in [3.8, 4) is 5.88 Å². The third-order valence-electron chi connectivity index (χ3n) is 0.981. The van der Waals surface area contributed by atoms with Crippen LogP contribution in [0.3, 0.4) is 0 Å². The molecule has 0 saturated carbocycles. The van der Waals surface area contributed by atoms with Crippen LogP contribution in [0.5, 0.6) is 5.88 Å². The van der Waals surface area contributed by atoms with E-state index in [4.69, 9.17) is 23.2 Å². The summed E-state index contributed by atoms with van der Waals surface area (Å²) >= 11 is 10.9. The molecule has 66 valence electrons. The quantitative estimate of drug-likeness (QED) is 0.706. The fourth-order valence-electron chi connectivity index (χ4n) is 0.568.